The fraction of sp³-hybridized carbons (Fsp3) is 0. The lowest BCUT2D eigenvalue weighted by Crippen LogP contribution is -1.91. The summed E-state index contributed by atoms with van der Waals surface area (Å²) in [6, 6.07) is 46.9. The zero-order valence-electron chi connectivity index (χ0n) is 22.3. The largest absolute Gasteiger partial charge is 0.192 e. The van der Waals surface area contributed by atoms with Gasteiger partial charge in [0.15, 0.2) is 0 Å². The van der Waals surface area contributed by atoms with E-state index in [1.54, 1.807) is 11.3 Å². The zero-order valence-corrected chi connectivity index (χ0v) is 23.9. The molecule has 0 unspecified atom stereocenters. The van der Waals surface area contributed by atoms with Gasteiger partial charge >= 0.3 is 0 Å². The number of benzene rings is 6. The molecule has 8 aromatic rings. The lowest BCUT2D eigenvalue weighted by molar-refractivity contribution is 1.48. The summed E-state index contributed by atoms with van der Waals surface area (Å²) >= 11 is 3.57. The van der Waals surface area contributed by atoms with E-state index in [9.17, 15) is 10.5 Å². The van der Waals surface area contributed by atoms with Gasteiger partial charge in [0, 0.05) is 40.3 Å². The number of rotatable bonds is 3. The van der Waals surface area contributed by atoms with Crippen LogP contribution in [-0.2, 0) is 0 Å². The second kappa shape index (κ2) is 9.68. The fourth-order valence-corrected chi connectivity index (χ4v) is 8.15. The van der Waals surface area contributed by atoms with Crippen molar-refractivity contribution in [3.05, 3.63) is 132 Å². The SMILES string of the molecule is N#Cc1cccc(-c2c(-c3ccc4sc5ccccc5c4c3)cccc2-c2ccc3sc4ccc(C#N)cc4c3c2)c1. The predicted molar refractivity (Wildman–Crippen MR) is 178 cm³/mol. The molecule has 2 aromatic heterocycles. The maximum atomic E-state index is 9.74. The van der Waals surface area contributed by atoms with Gasteiger partial charge in [-0.25, -0.2) is 0 Å². The topological polar surface area (TPSA) is 47.6 Å². The molecule has 8 rings (SSSR count). The van der Waals surface area contributed by atoms with Gasteiger partial charge in [-0.05, 0) is 94.0 Å². The Morgan fingerprint density at radius 1 is 0.405 bits per heavy atom. The first-order valence-corrected chi connectivity index (χ1v) is 15.3. The number of hydrogen-bond acceptors (Lipinski definition) is 4. The highest BCUT2D eigenvalue weighted by molar-refractivity contribution is 7.26. The Balaban J connectivity index is 1.40. The van der Waals surface area contributed by atoms with Crippen LogP contribution in [0.5, 0.6) is 0 Å². The minimum Gasteiger partial charge on any atom is -0.192 e. The van der Waals surface area contributed by atoms with Crippen LogP contribution < -0.4 is 0 Å². The van der Waals surface area contributed by atoms with Crippen molar-refractivity contribution in [3.63, 3.8) is 0 Å². The summed E-state index contributed by atoms with van der Waals surface area (Å²) in [6.45, 7) is 0. The van der Waals surface area contributed by atoms with Crippen LogP contribution in [-0.4, -0.2) is 0 Å². The smallest absolute Gasteiger partial charge is 0.0991 e. The molecular formula is C38H20N2S2. The number of fused-ring (bicyclic) bond motifs is 6. The summed E-state index contributed by atoms with van der Waals surface area (Å²) in [7, 11) is 0. The molecule has 0 N–H and O–H groups in total. The van der Waals surface area contributed by atoms with Crippen molar-refractivity contribution >= 4 is 63.0 Å². The normalized spacial score (nSPS) is 11.3. The molecule has 0 saturated heterocycles. The van der Waals surface area contributed by atoms with Crippen molar-refractivity contribution in [2.24, 2.45) is 0 Å². The van der Waals surface area contributed by atoms with Crippen molar-refractivity contribution in [3.8, 4) is 45.5 Å². The van der Waals surface area contributed by atoms with Crippen LogP contribution in [0.2, 0.25) is 0 Å². The highest BCUT2D eigenvalue weighted by Gasteiger charge is 2.17. The summed E-state index contributed by atoms with van der Waals surface area (Å²) in [5, 5.41) is 24.1. The molecule has 0 radical (unpaired) electrons. The monoisotopic (exact) mass is 568 g/mol. The van der Waals surface area contributed by atoms with E-state index in [1.165, 1.54) is 29.6 Å². The number of thiophene rings is 2. The van der Waals surface area contributed by atoms with E-state index >= 15 is 0 Å². The van der Waals surface area contributed by atoms with Gasteiger partial charge in [0.05, 0.1) is 23.3 Å². The molecule has 0 fully saturated rings. The fourth-order valence-electron chi connectivity index (χ4n) is 6.00. The average molecular weight is 569 g/mol. The minimum absolute atomic E-state index is 0.635. The molecule has 6 aromatic carbocycles. The first-order valence-electron chi connectivity index (χ1n) is 13.6. The van der Waals surface area contributed by atoms with Gasteiger partial charge in [0.25, 0.3) is 0 Å². The van der Waals surface area contributed by atoms with Gasteiger partial charge in [-0.2, -0.15) is 10.5 Å². The maximum Gasteiger partial charge on any atom is 0.0991 e. The van der Waals surface area contributed by atoms with E-state index < -0.39 is 0 Å². The molecule has 0 bridgehead atoms. The molecule has 0 aliphatic carbocycles. The van der Waals surface area contributed by atoms with Gasteiger partial charge < -0.3 is 0 Å². The summed E-state index contributed by atoms with van der Waals surface area (Å²) < 4.78 is 4.93. The second-order valence-corrected chi connectivity index (χ2v) is 12.5. The van der Waals surface area contributed by atoms with Crippen LogP contribution >= 0.6 is 22.7 Å². The third-order valence-corrected chi connectivity index (χ3v) is 10.2. The van der Waals surface area contributed by atoms with E-state index in [2.05, 4.69) is 97.1 Å². The Morgan fingerprint density at radius 3 is 1.64 bits per heavy atom. The Bertz CT molecular complexity index is 2450. The van der Waals surface area contributed by atoms with Gasteiger partial charge in [-0.15, -0.1) is 22.7 Å². The molecule has 42 heavy (non-hydrogen) atoms. The van der Waals surface area contributed by atoms with Crippen LogP contribution in [0.15, 0.2) is 121 Å². The molecule has 194 valence electrons. The molecule has 4 heteroatoms. The Kier molecular flexibility index (Phi) is 5.66. The van der Waals surface area contributed by atoms with Crippen LogP contribution in [0.4, 0.5) is 0 Å². The molecule has 0 atom stereocenters. The highest BCUT2D eigenvalue weighted by Crippen LogP contribution is 2.44. The standard InChI is InChI=1S/C38H20N2S2/c39-21-23-5-3-6-27(17-23)38-28(25-12-15-36-32(19-25)30-7-1-2-10-34(30)41-36)8-4-9-29(38)26-13-16-37-33(20-26)31-18-24(22-40)11-14-35(31)42-37/h1-20H. The van der Waals surface area contributed by atoms with Gasteiger partial charge in [0.2, 0.25) is 0 Å². The average Bonchev–Trinajstić information content (AvgIpc) is 3.61. The molecule has 0 spiro atoms. The molecule has 2 heterocycles. The third-order valence-electron chi connectivity index (χ3n) is 7.94. The summed E-state index contributed by atoms with van der Waals surface area (Å²) in [6.07, 6.45) is 0. The lowest BCUT2D eigenvalue weighted by atomic mass is 9.86. The Morgan fingerprint density at radius 2 is 0.952 bits per heavy atom. The van der Waals surface area contributed by atoms with Crippen LogP contribution in [0, 0.1) is 22.7 Å². The lowest BCUT2D eigenvalue weighted by Gasteiger charge is -2.17. The van der Waals surface area contributed by atoms with Crippen LogP contribution in [0.1, 0.15) is 11.1 Å². The number of nitrogens with zero attached hydrogens (tertiary/aromatic N) is 2. The Labute approximate surface area is 250 Å². The van der Waals surface area contributed by atoms with E-state index in [-0.39, 0.29) is 0 Å². The third kappa shape index (κ3) is 3.90. The predicted octanol–water partition coefficient (Wildman–Crippen LogP) is 11.2. The number of hydrogen-bond donors (Lipinski definition) is 0. The van der Waals surface area contributed by atoms with Crippen LogP contribution in [0.3, 0.4) is 0 Å². The highest BCUT2D eigenvalue weighted by atomic mass is 32.1. The summed E-state index contributed by atoms with van der Waals surface area (Å²) in [4.78, 5) is 0. The molecule has 0 saturated carbocycles. The van der Waals surface area contributed by atoms with Crippen molar-refractivity contribution in [2.75, 3.05) is 0 Å². The van der Waals surface area contributed by atoms with Gasteiger partial charge in [0.1, 0.15) is 0 Å². The second-order valence-electron chi connectivity index (χ2n) is 10.4. The molecule has 0 aliphatic rings. The van der Waals surface area contributed by atoms with Crippen molar-refractivity contribution < 1.29 is 0 Å². The number of nitriles is 2. The summed E-state index contributed by atoms with van der Waals surface area (Å²) in [5.41, 5.74) is 7.90. The van der Waals surface area contributed by atoms with E-state index in [1.807, 2.05) is 47.7 Å². The molecular weight excluding hydrogens is 549 g/mol. The maximum absolute atomic E-state index is 9.74. The van der Waals surface area contributed by atoms with Crippen molar-refractivity contribution in [2.45, 2.75) is 0 Å². The van der Waals surface area contributed by atoms with E-state index in [4.69, 9.17) is 0 Å². The molecule has 0 amide bonds. The first-order chi connectivity index (χ1) is 20.7. The first kappa shape index (κ1) is 24.5. The van der Waals surface area contributed by atoms with Crippen molar-refractivity contribution in [1.82, 2.24) is 0 Å². The van der Waals surface area contributed by atoms with Crippen molar-refractivity contribution in [1.29, 1.82) is 10.5 Å². The summed E-state index contributed by atoms with van der Waals surface area (Å²) in [5.74, 6) is 0. The minimum atomic E-state index is 0.635. The van der Waals surface area contributed by atoms with Gasteiger partial charge in [-0.3, -0.25) is 0 Å². The molecule has 2 nitrogen and oxygen atoms in total. The quantitative estimate of drug-likeness (QED) is 0.213. The van der Waals surface area contributed by atoms with E-state index in [0.29, 0.717) is 11.1 Å². The van der Waals surface area contributed by atoms with E-state index in [0.717, 1.165) is 44.2 Å². The molecule has 0 aliphatic heterocycles. The zero-order chi connectivity index (χ0) is 28.2. The van der Waals surface area contributed by atoms with Crippen LogP contribution in [0.25, 0.3) is 73.7 Å². The van der Waals surface area contributed by atoms with Gasteiger partial charge in [-0.1, -0.05) is 60.7 Å². The Hall–Kier alpha value is -5.26.